The van der Waals surface area contributed by atoms with E-state index in [-0.39, 0.29) is 39.8 Å². The molecule has 1 unspecified atom stereocenters. The molecule has 1 fully saturated rings. The lowest BCUT2D eigenvalue weighted by atomic mass is 10.00. The van der Waals surface area contributed by atoms with Crippen molar-refractivity contribution in [2.75, 3.05) is 25.6 Å². The molecule has 1 aliphatic rings. The van der Waals surface area contributed by atoms with Gasteiger partial charge in [0.15, 0.2) is 5.69 Å². The van der Waals surface area contributed by atoms with Crippen molar-refractivity contribution in [1.82, 2.24) is 25.1 Å². The van der Waals surface area contributed by atoms with Gasteiger partial charge >= 0.3 is 0 Å². The third-order valence-corrected chi connectivity index (χ3v) is 7.96. The molecular weight excluding hydrogens is 614 g/mol. The van der Waals surface area contributed by atoms with Gasteiger partial charge in [0, 0.05) is 48.5 Å². The zero-order valence-corrected chi connectivity index (χ0v) is 25.5. The van der Waals surface area contributed by atoms with Crippen molar-refractivity contribution in [3.8, 4) is 28.3 Å². The summed E-state index contributed by atoms with van der Waals surface area (Å²) in [6.07, 6.45) is 0.0836. The summed E-state index contributed by atoms with van der Waals surface area (Å²) in [4.78, 5) is 33.9. The molecule has 11 nitrogen and oxygen atoms in total. The first-order valence-corrected chi connectivity index (χ1v) is 14.4. The fraction of sp³-hybridized carbons (Fsp3) is 0.300. The van der Waals surface area contributed by atoms with Crippen molar-refractivity contribution < 1.29 is 23.8 Å². The van der Waals surface area contributed by atoms with Crippen LogP contribution in [0.4, 0.5) is 10.1 Å². The molecule has 44 heavy (non-hydrogen) atoms. The van der Waals surface area contributed by atoms with E-state index in [4.69, 9.17) is 32.7 Å². The van der Waals surface area contributed by atoms with E-state index in [0.717, 1.165) is 16.3 Å². The standard InChI is InChI=1S/C30H29Cl2FN6O5/c1-15-35-27(30(42)39(2)38-15)28(41)36-23-12-17(33)11-20(26(23)32)18-5-4-6-19(25(18)31)21-8-7-16(29(37-21)43-3)13-34-22-9-10-44-14-24(22)40/h4-8,11-12,22,24,34,40H,9-10,13-14H2,1-3H3,(H,36,41)/t22?,24-/m0/s1. The summed E-state index contributed by atoms with van der Waals surface area (Å²) in [5.41, 5.74) is 1.21. The van der Waals surface area contributed by atoms with E-state index in [0.29, 0.717) is 42.3 Å². The third kappa shape index (κ3) is 6.59. The lowest BCUT2D eigenvalue weighted by Gasteiger charge is -2.28. The second-order valence-corrected chi connectivity index (χ2v) is 10.9. The maximum atomic E-state index is 14.9. The first-order valence-electron chi connectivity index (χ1n) is 13.6. The van der Waals surface area contributed by atoms with Gasteiger partial charge in [0.2, 0.25) is 5.88 Å². The monoisotopic (exact) mass is 642 g/mol. The predicted octanol–water partition coefficient (Wildman–Crippen LogP) is 4.16. The number of carbonyl (C=O) groups excluding carboxylic acids is 1. The maximum absolute atomic E-state index is 14.9. The van der Waals surface area contributed by atoms with Crippen LogP contribution >= 0.6 is 23.2 Å². The Balaban J connectivity index is 1.45. The molecule has 1 aliphatic heterocycles. The number of ether oxygens (including phenoxy) is 2. The molecular formula is C30H29Cl2FN6O5. The Morgan fingerprint density at radius 2 is 1.93 bits per heavy atom. The van der Waals surface area contributed by atoms with E-state index in [1.165, 1.54) is 27.1 Å². The molecule has 2 aromatic carbocycles. The van der Waals surface area contributed by atoms with Gasteiger partial charge in [0.25, 0.3) is 11.5 Å². The largest absolute Gasteiger partial charge is 0.481 e. The third-order valence-electron chi connectivity index (χ3n) is 7.14. The van der Waals surface area contributed by atoms with Gasteiger partial charge < -0.3 is 25.2 Å². The molecule has 0 radical (unpaired) electrons. The van der Waals surface area contributed by atoms with E-state index >= 15 is 0 Å². The van der Waals surface area contributed by atoms with Crippen LogP contribution < -0.4 is 20.9 Å². The number of aromatic nitrogens is 4. The van der Waals surface area contributed by atoms with Gasteiger partial charge in [0.1, 0.15) is 11.6 Å². The average molecular weight is 644 g/mol. The molecule has 14 heteroatoms. The fourth-order valence-corrected chi connectivity index (χ4v) is 5.51. The van der Waals surface area contributed by atoms with E-state index in [2.05, 4.69) is 25.7 Å². The minimum atomic E-state index is -0.869. The Labute approximate surface area is 262 Å². The number of methoxy groups -OCH3 is 1. The van der Waals surface area contributed by atoms with Crippen molar-refractivity contribution >= 4 is 34.8 Å². The summed E-state index contributed by atoms with van der Waals surface area (Å²) < 4.78 is 26.7. The summed E-state index contributed by atoms with van der Waals surface area (Å²) >= 11 is 13.5. The summed E-state index contributed by atoms with van der Waals surface area (Å²) in [5, 5.41) is 20.1. The molecule has 2 atom stereocenters. The van der Waals surface area contributed by atoms with E-state index in [1.807, 2.05) is 6.07 Å². The van der Waals surface area contributed by atoms with Crippen LogP contribution in [0.25, 0.3) is 22.4 Å². The lowest BCUT2D eigenvalue weighted by molar-refractivity contribution is -0.0281. The van der Waals surface area contributed by atoms with Crippen LogP contribution in [0.15, 0.2) is 47.3 Å². The van der Waals surface area contributed by atoms with Gasteiger partial charge in [-0.1, -0.05) is 47.5 Å². The Morgan fingerprint density at radius 1 is 1.16 bits per heavy atom. The van der Waals surface area contributed by atoms with Crippen molar-refractivity contribution in [3.05, 3.63) is 85.8 Å². The first-order chi connectivity index (χ1) is 21.1. The zero-order valence-electron chi connectivity index (χ0n) is 24.0. The molecule has 3 N–H and O–H groups in total. The minimum absolute atomic E-state index is 0.00339. The van der Waals surface area contributed by atoms with Gasteiger partial charge in [0.05, 0.1) is 41.2 Å². The fourth-order valence-electron chi connectivity index (χ4n) is 4.92. The number of rotatable bonds is 8. The normalized spacial score (nSPS) is 16.5. The maximum Gasteiger partial charge on any atom is 0.298 e. The van der Waals surface area contributed by atoms with Crippen LogP contribution in [0.5, 0.6) is 5.88 Å². The number of hydrogen-bond donors (Lipinski definition) is 3. The minimum Gasteiger partial charge on any atom is -0.481 e. The van der Waals surface area contributed by atoms with Crippen LogP contribution in [0.1, 0.15) is 28.3 Å². The summed E-state index contributed by atoms with van der Waals surface area (Å²) in [6.45, 7) is 2.81. The van der Waals surface area contributed by atoms with E-state index in [1.54, 1.807) is 24.3 Å². The van der Waals surface area contributed by atoms with Crippen molar-refractivity contribution in [2.24, 2.45) is 7.05 Å². The number of nitrogens with zero attached hydrogens (tertiary/aromatic N) is 4. The number of benzene rings is 2. The smallest absolute Gasteiger partial charge is 0.298 e. The van der Waals surface area contributed by atoms with Gasteiger partial charge in [-0.15, -0.1) is 0 Å². The molecule has 0 bridgehead atoms. The summed E-state index contributed by atoms with van der Waals surface area (Å²) in [5.74, 6) is -0.983. The number of anilines is 1. The predicted molar refractivity (Wildman–Crippen MR) is 164 cm³/mol. The van der Waals surface area contributed by atoms with Crippen LogP contribution in [-0.4, -0.2) is 63.2 Å². The molecule has 230 valence electrons. The van der Waals surface area contributed by atoms with Gasteiger partial charge in [-0.3, -0.25) is 9.59 Å². The van der Waals surface area contributed by atoms with Crippen molar-refractivity contribution in [2.45, 2.75) is 32.0 Å². The Hall–Kier alpha value is -3.94. The molecule has 1 amide bonds. The Kier molecular flexibility index (Phi) is 9.56. The number of amides is 1. The first kappa shape index (κ1) is 31.5. The molecule has 2 aromatic heterocycles. The van der Waals surface area contributed by atoms with Gasteiger partial charge in [-0.2, -0.15) is 5.10 Å². The van der Waals surface area contributed by atoms with E-state index < -0.39 is 29.1 Å². The number of aliphatic hydroxyl groups excluding tert-OH is 1. The molecule has 4 aromatic rings. The molecule has 0 saturated carbocycles. The quantitative estimate of drug-likeness (QED) is 0.258. The van der Waals surface area contributed by atoms with Crippen LogP contribution in [0, 0.1) is 12.7 Å². The number of aryl methyl sites for hydroxylation is 2. The summed E-state index contributed by atoms with van der Waals surface area (Å²) in [6, 6.07) is 10.9. The highest BCUT2D eigenvalue weighted by atomic mass is 35.5. The number of nitrogens with one attached hydrogen (secondary N) is 2. The van der Waals surface area contributed by atoms with Crippen LogP contribution in [0.2, 0.25) is 10.0 Å². The van der Waals surface area contributed by atoms with Crippen LogP contribution in [-0.2, 0) is 18.3 Å². The SMILES string of the molecule is COc1nc(-c2cccc(-c3cc(F)cc(NC(=O)c4nc(C)nn(C)c4=O)c3Cl)c2Cl)ccc1CNC1CCOC[C@@H]1O. The van der Waals surface area contributed by atoms with Crippen molar-refractivity contribution in [3.63, 3.8) is 0 Å². The zero-order chi connectivity index (χ0) is 31.5. The number of pyridine rings is 1. The number of carbonyl (C=O) groups is 1. The van der Waals surface area contributed by atoms with Crippen LogP contribution in [0.3, 0.4) is 0 Å². The van der Waals surface area contributed by atoms with Gasteiger partial charge in [-0.25, -0.2) is 19.0 Å². The Morgan fingerprint density at radius 3 is 2.68 bits per heavy atom. The summed E-state index contributed by atoms with van der Waals surface area (Å²) in [7, 11) is 2.90. The molecule has 1 saturated heterocycles. The Bertz CT molecular complexity index is 1790. The highest BCUT2D eigenvalue weighted by Crippen LogP contribution is 2.42. The number of hydrogen-bond acceptors (Lipinski definition) is 9. The second kappa shape index (κ2) is 13.4. The molecule has 3 heterocycles. The molecule has 0 aliphatic carbocycles. The highest BCUT2D eigenvalue weighted by molar-refractivity contribution is 6.39. The number of aliphatic hydroxyl groups is 1. The lowest BCUT2D eigenvalue weighted by Crippen LogP contribution is -2.46. The van der Waals surface area contributed by atoms with E-state index in [9.17, 15) is 19.1 Å². The van der Waals surface area contributed by atoms with Gasteiger partial charge in [-0.05, 0) is 31.5 Å². The second-order valence-electron chi connectivity index (χ2n) is 10.2. The molecule has 0 spiro atoms. The highest BCUT2D eigenvalue weighted by Gasteiger charge is 2.24. The topological polar surface area (TPSA) is 140 Å². The van der Waals surface area contributed by atoms with Crippen molar-refractivity contribution in [1.29, 1.82) is 0 Å². The average Bonchev–Trinajstić information content (AvgIpc) is 3.00. The number of halogens is 3. The molecule has 5 rings (SSSR count).